The Kier molecular flexibility index (Phi) is 3.86. The fraction of sp³-hybridized carbons (Fsp3) is 0.316. The molecule has 4 aromatic rings. The molecule has 7 nitrogen and oxygen atoms in total. The number of rotatable bonds is 3. The van der Waals surface area contributed by atoms with Crippen molar-refractivity contribution in [1.29, 1.82) is 0 Å². The number of hydrogen-bond donors (Lipinski definition) is 1. The van der Waals surface area contributed by atoms with Gasteiger partial charge in [-0.1, -0.05) is 0 Å². The summed E-state index contributed by atoms with van der Waals surface area (Å²) in [5, 5.41) is 8.37. The van der Waals surface area contributed by atoms with Gasteiger partial charge in [-0.3, -0.25) is 9.78 Å². The van der Waals surface area contributed by atoms with Gasteiger partial charge in [-0.05, 0) is 55.9 Å². The SMILES string of the molecule is Cc1nc2sc3c(c2c2nc(C(=O)NCc4ccncc4)nn12)CCCC3. The Hall–Kier alpha value is -2.87. The van der Waals surface area contributed by atoms with Gasteiger partial charge in [-0.25, -0.2) is 9.97 Å². The molecule has 0 aliphatic heterocycles. The van der Waals surface area contributed by atoms with Crippen LogP contribution >= 0.6 is 11.3 Å². The molecule has 8 heteroatoms. The second kappa shape index (κ2) is 6.38. The zero-order valence-corrected chi connectivity index (χ0v) is 15.7. The topological polar surface area (TPSA) is 85.1 Å². The van der Waals surface area contributed by atoms with Crippen LogP contribution in [-0.2, 0) is 19.4 Å². The molecule has 0 fully saturated rings. The number of nitrogens with one attached hydrogen (secondary N) is 1. The van der Waals surface area contributed by atoms with Crippen molar-refractivity contribution < 1.29 is 4.79 Å². The number of nitrogens with zero attached hydrogens (tertiary/aromatic N) is 5. The average Bonchev–Trinajstić information content (AvgIpc) is 3.28. The fourth-order valence-electron chi connectivity index (χ4n) is 3.61. The summed E-state index contributed by atoms with van der Waals surface area (Å²) >= 11 is 1.76. The number of thiophene rings is 1. The highest BCUT2D eigenvalue weighted by molar-refractivity contribution is 7.19. The highest BCUT2D eigenvalue weighted by Crippen LogP contribution is 2.37. The molecule has 0 bridgehead atoms. The Morgan fingerprint density at radius 2 is 2.04 bits per heavy atom. The summed E-state index contributed by atoms with van der Waals surface area (Å²) in [6, 6.07) is 3.74. The Bertz CT molecular complexity index is 1160. The Labute approximate surface area is 159 Å². The number of aryl methyl sites for hydroxylation is 3. The normalized spacial score (nSPS) is 13.8. The minimum absolute atomic E-state index is 0.178. The summed E-state index contributed by atoms with van der Waals surface area (Å²) in [7, 11) is 0. The van der Waals surface area contributed by atoms with Crippen molar-refractivity contribution in [2.24, 2.45) is 0 Å². The van der Waals surface area contributed by atoms with Gasteiger partial charge in [-0.15, -0.1) is 16.4 Å². The van der Waals surface area contributed by atoms with E-state index in [4.69, 9.17) is 4.98 Å². The van der Waals surface area contributed by atoms with E-state index in [1.165, 1.54) is 23.3 Å². The largest absolute Gasteiger partial charge is 0.345 e. The number of carbonyl (C=O) groups is 1. The van der Waals surface area contributed by atoms with Crippen LogP contribution in [0.25, 0.3) is 15.9 Å². The van der Waals surface area contributed by atoms with E-state index < -0.39 is 0 Å². The molecular formula is C19H18N6OS. The molecule has 0 atom stereocenters. The van der Waals surface area contributed by atoms with E-state index in [2.05, 4.69) is 20.4 Å². The van der Waals surface area contributed by atoms with Crippen molar-refractivity contribution in [3.63, 3.8) is 0 Å². The van der Waals surface area contributed by atoms with Crippen LogP contribution < -0.4 is 5.32 Å². The summed E-state index contributed by atoms with van der Waals surface area (Å²) in [4.78, 5) is 28.3. The van der Waals surface area contributed by atoms with Crippen LogP contribution in [0.3, 0.4) is 0 Å². The second-order valence-electron chi connectivity index (χ2n) is 6.76. The van der Waals surface area contributed by atoms with Gasteiger partial charge < -0.3 is 5.32 Å². The van der Waals surface area contributed by atoms with Gasteiger partial charge in [0.1, 0.15) is 10.7 Å². The maximum Gasteiger partial charge on any atom is 0.291 e. The lowest BCUT2D eigenvalue weighted by Gasteiger charge is -2.10. The molecule has 0 unspecified atom stereocenters. The maximum absolute atomic E-state index is 12.6. The molecule has 1 aliphatic rings. The van der Waals surface area contributed by atoms with Crippen molar-refractivity contribution in [2.75, 3.05) is 0 Å². The van der Waals surface area contributed by atoms with Crippen molar-refractivity contribution in [3.05, 3.63) is 52.2 Å². The van der Waals surface area contributed by atoms with Crippen LogP contribution in [0, 0.1) is 6.92 Å². The second-order valence-corrected chi connectivity index (χ2v) is 7.84. The van der Waals surface area contributed by atoms with Gasteiger partial charge in [0.25, 0.3) is 5.91 Å². The van der Waals surface area contributed by atoms with Crippen LogP contribution in [0.15, 0.2) is 24.5 Å². The van der Waals surface area contributed by atoms with Gasteiger partial charge in [0.2, 0.25) is 5.82 Å². The molecule has 0 saturated carbocycles. The molecule has 0 radical (unpaired) electrons. The quantitative estimate of drug-likeness (QED) is 0.592. The summed E-state index contributed by atoms with van der Waals surface area (Å²) in [6.07, 6.45) is 7.98. The third-order valence-electron chi connectivity index (χ3n) is 4.96. The molecule has 0 saturated heterocycles. The average molecular weight is 378 g/mol. The lowest BCUT2D eigenvalue weighted by atomic mass is 9.97. The molecule has 1 N–H and O–H groups in total. The molecule has 0 aromatic carbocycles. The predicted molar refractivity (Wildman–Crippen MR) is 103 cm³/mol. The number of amides is 1. The van der Waals surface area contributed by atoms with E-state index in [1.54, 1.807) is 28.2 Å². The molecular weight excluding hydrogens is 360 g/mol. The third kappa shape index (κ3) is 2.76. The lowest BCUT2D eigenvalue weighted by Crippen LogP contribution is -2.24. The van der Waals surface area contributed by atoms with Gasteiger partial charge >= 0.3 is 0 Å². The zero-order valence-electron chi connectivity index (χ0n) is 14.9. The lowest BCUT2D eigenvalue weighted by molar-refractivity contribution is 0.0940. The first-order valence-corrected chi connectivity index (χ1v) is 9.87. The van der Waals surface area contributed by atoms with Crippen LogP contribution in [0.4, 0.5) is 0 Å². The summed E-state index contributed by atoms with van der Waals surface area (Å²) in [5.74, 6) is 0.640. The highest BCUT2D eigenvalue weighted by Gasteiger charge is 2.23. The smallest absolute Gasteiger partial charge is 0.291 e. The number of fused-ring (bicyclic) bond motifs is 5. The van der Waals surface area contributed by atoms with Gasteiger partial charge in [0, 0.05) is 23.8 Å². The van der Waals surface area contributed by atoms with E-state index in [0.717, 1.165) is 40.1 Å². The Balaban J connectivity index is 1.54. The summed E-state index contributed by atoms with van der Waals surface area (Å²) in [6.45, 7) is 2.32. The standard InChI is InChI=1S/C19H18N6OS/c1-11-22-19-15(13-4-2-3-5-14(13)27-19)17-23-16(24-25(11)17)18(26)21-10-12-6-8-20-9-7-12/h6-9H,2-5,10H2,1H3,(H,21,26). The molecule has 4 aromatic heterocycles. The number of aromatic nitrogens is 5. The number of carbonyl (C=O) groups excluding carboxylic acids is 1. The van der Waals surface area contributed by atoms with Crippen LogP contribution in [-0.4, -0.2) is 30.5 Å². The molecule has 1 amide bonds. The van der Waals surface area contributed by atoms with Gasteiger partial charge in [0.05, 0.1) is 5.39 Å². The van der Waals surface area contributed by atoms with Crippen LogP contribution in [0.2, 0.25) is 0 Å². The molecule has 1 aliphatic carbocycles. The van der Waals surface area contributed by atoms with E-state index in [9.17, 15) is 4.79 Å². The summed E-state index contributed by atoms with van der Waals surface area (Å²) in [5.41, 5.74) is 3.06. The molecule has 0 spiro atoms. The fourth-order valence-corrected chi connectivity index (χ4v) is 4.91. The Morgan fingerprint density at radius 3 is 2.89 bits per heavy atom. The van der Waals surface area contributed by atoms with Crippen molar-refractivity contribution >= 4 is 33.1 Å². The minimum Gasteiger partial charge on any atom is -0.345 e. The zero-order chi connectivity index (χ0) is 18.4. The van der Waals surface area contributed by atoms with Crippen molar-refractivity contribution in [2.45, 2.75) is 39.2 Å². The Morgan fingerprint density at radius 1 is 1.22 bits per heavy atom. The third-order valence-corrected chi connectivity index (χ3v) is 6.14. The van der Waals surface area contributed by atoms with Crippen LogP contribution in [0.1, 0.15) is 45.3 Å². The van der Waals surface area contributed by atoms with E-state index in [1.807, 2.05) is 19.1 Å². The van der Waals surface area contributed by atoms with Gasteiger partial charge in [-0.2, -0.15) is 4.52 Å². The van der Waals surface area contributed by atoms with Gasteiger partial charge in [0.15, 0.2) is 5.65 Å². The van der Waals surface area contributed by atoms with E-state index in [0.29, 0.717) is 6.54 Å². The first-order valence-electron chi connectivity index (χ1n) is 9.05. The van der Waals surface area contributed by atoms with Crippen LogP contribution in [0.5, 0.6) is 0 Å². The van der Waals surface area contributed by atoms with Crippen molar-refractivity contribution in [3.8, 4) is 0 Å². The van der Waals surface area contributed by atoms with E-state index in [-0.39, 0.29) is 11.7 Å². The highest BCUT2D eigenvalue weighted by atomic mass is 32.1. The minimum atomic E-state index is -0.285. The molecule has 4 heterocycles. The predicted octanol–water partition coefficient (Wildman–Crippen LogP) is 2.85. The first-order chi connectivity index (χ1) is 13.2. The monoisotopic (exact) mass is 378 g/mol. The number of pyridine rings is 1. The first kappa shape index (κ1) is 16.3. The maximum atomic E-state index is 12.6. The van der Waals surface area contributed by atoms with Crippen molar-refractivity contribution in [1.82, 2.24) is 29.9 Å². The summed E-state index contributed by atoms with van der Waals surface area (Å²) < 4.78 is 1.70. The number of hydrogen-bond acceptors (Lipinski definition) is 6. The molecule has 27 heavy (non-hydrogen) atoms. The molecule has 136 valence electrons. The molecule has 5 rings (SSSR count). The van der Waals surface area contributed by atoms with E-state index >= 15 is 0 Å².